The van der Waals surface area contributed by atoms with Crippen LogP contribution in [0.1, 0.15) is 0 Å². The van der Waals surface area contributed by atoms with E-state index in [0.717, 1.165) is 26.3 Å². The third-order valence-corrected chi connectivity index (χ3v) is 3.43. The number of nitrogens with zero attached hydrogens (tertiary/aromatic N) is 3. The summed E-state index contributed by atoms with van der Waals surface area (Å²) in [5, 5.41) is 0. The zero-order chi connectivity index (χ0) is 10.5. The summed E-state index contributed by atoms with van der Waals surface area (Å²) in [5.41, 5.74) is 0. The monoisotopic (exact) mass is 213 g/mol. The van der Waals surface area contributed by atoms with Crippen molar-refractivity contribution in [3.63, 3.8) is 0 Å². The van der Waals surface area contributed by atoms with E-state index in [1.54, 1.807) is 0 Å². The van der Waals surface area contributed by atoms with Crippen LogP contribution in [0, 0.1) is 0 Å². The van der Waals surface area contributed by atoms with Crippen LogP contribution in [0.15, 0.2) is 0 Å². The van der Waals surface area contributed by atoms with Crippen LogP contribution in [0.25, 0.3) is 0 Å². The molecule has 4 rings (SSSR count). The molecular weight excluding hydrogens is 190 g/mol. The van der Waals surface area contributed by atoms with Crippen LogP contribution in [0.5, 0.6) is 0 Å². The van der Waals surface area contributed by atoms with Gasteiger partial charge in [0.05, 0.1) is 13.2 Å². The second-order valence-electron chi connectivity index (χ2n) is 4.60. The molecule has 0 aromatic rings. The largest absolute Gasteiger partial charge is 0.379 e. The number of rotatable bonds is 0. The minimum Gasteiger partial charge on any atom is -0.379 e. The topological polar surface area (TPSA) is 19.0 Å². The standard InChI is InChI=1S/C6H12N2.C5H11NO/c1-2-8-5-3-7(1)4-6-8;1-6-2-4-7-5-3-6/h1-6H2;2-5H2,1H3. The average molecular weight is 213 g/mol. The van der Waals surface area contributed by atoms with Crippen molar-refractivity contribution in [3.05, 3.63) is 0 Å². The van der Waals surface area contributed by atoms with Crippen LogP contribution in [-0.4, -0.2) is 87.3 Å². The van der Waals surface area contributed by atoms with Gasteiger partial charge in [0.1, 0.15) is 0 Å². The lowest BCUT2D eigenvalue weighted by Crippen LogP contribution is -2.55. The summed E-state index contributed by atoms with van der Waals surface area (Å²) in [7, 11) is 2.11. The normalized spacial score (nSPS) is 35.8. The Bertz CT molecular complexity index is 152. The lowest BCUT2D eigenvalue weighted by Gasteiger charge is -2.41. The van der Waals surface area contributed by atoms with Gasteiger partial charge in [-0.05, 0) is 7.05 Å². The lowest BCUT2D eigenvalue weighted by atomic mass is 10.2. The Balaban J connectivity index is 0.000000115. The molecule has 4 heterocycles. The quantitative estimate of drug-likeness (QED) is 0.543. The first-order valence-corrected chi connectivity index (χ1v) is 6.05. The van der Waals surface area contributed by atoms with E-state index < -0.39 is 0 Å². The van der Waals surface area contributed by atoms with Crippen molar-refractivity contribution >= 4 is 0 Å². The number of likely N-dealkylation sites (N-methyl/N-ethyl adjacent to an activating group) is 1. The van der Waals surface area contributed by atoms with Crippen LogP contribution in [0.2, 0.25) is 0 Å². The molecule has 0 N–H and O–H groups in total. The Morgan fingerprint density at radius 1 is 0.667 bits per heavy atom. The molecule has 0 aliphatic carbocycles. The molecule has 4 aliphatic heterocycles. The predicted octanol–water partition coefficient (Wildman–Crippen LogP) is -0.434. The summed E-state index contributed by atoms with van der Waals surface area (Å²) in [6, 6.07) is 0. The molecule has 15 heavy (non-hydrogen) atoms. The predicted molar refractivity (Wildman–Crippen MR) is 61.2 cm³/mol. The van der Waals surface area contributed by atoms with Crippen molar-refractivity contribution in [2.75, 3.05) is 72.6 Å². The number of ether oxygens (including phenoxy) is 1. The first-order valence-electron chi connectivity index (χ1n) is 6.05. The summed E-state index contributed by atoms with van der Waals surface area (Å²) < 4.78 is 5.10. The molecular formula is C11H23N3O. The van der Waals surface area contributed by atoms with Crippen molar-refractivity contribution in [1.82, 2.24) is 14.7 Å². The van der Waals surface area contributed by atoms with Gasteiger partial charge in [-0.25, -0.2) is 0 Å². The van der Waals surface area contributed by atoms with E-state index >= 15 is 0 Å². The van der Waals surface area contributed by atoms with Gasteiger partial charge in [-0.3, -0.25) is 9.80 Å². The molecule has 4 fully saturated rings. The number of fused-ring (bicyclic) bond motifs is 3. The molecule has 2 bridgehead atoms. The van der Waals surface area contributed by atoms with Crippen molar-refractivity contribution in [2.45, 2.75) is 0 Å². The molecule has 0 atom stereocenters. The van der Waals surface area contributed by atoms with Gasteiger partial charge >= 0.3 is 0 Å². The fourth-order valence-electron chi connectivity index (χ4n) is 2.17. The molecule has 4 nitrogen and oxygen atoms in total. The molecule has 0 aromatic carbocycles. The lowest BCUT2D eigenvalue weighted by molar-refractivity contribution is 0.0503. The average Bonchev–Trinajstić information content (AvgIpc) is 2.33. The second-order valence-corrected chi connectivity index (χ2v) is 4.60. The van der Waals surface area contributed by atoms with Crippen LogP contribution in [0.3, 0.4) is 0 Å². The van der Waals surface area contributed by atoms with E-state index in [4.69, 9.17) is 4.74 Å². The summed E-state index contributed by atoms with van der Waals surface area (Å²) in [6.45, 7) is 11.9. The third-order valence-electron chi connectivity index (χ3n) is 3.43. The Hall–Kier alpha value is -0.160. The van der Waals surface area contributed by atoms with Gasteiger partial charge in [0.2, 0.25) is 0 Å². The zero-order valence-electron chi connectivity index (χ0n) is 9.82. The zero-order valence-corrected chi connectivity index (χ0v) is 9.82. The highest BCUT2D eigenvalue weighted by atomic mass is 16.5. The van der Waals surface area contributed by atoms with E-state index in [-0.39, 0.29) is 0 Å². The van der Waals surface area contributed by atoms with Crippen LogP contribution >= 0.6 is 0 Å². The van der Waals surface area contributed by atoms with Crippen LogP contribution in [0.4, 0.5) is 0 Å². The fourth-order valence-corrected chi connectivity index (χ4v) is 2.17. The number of hydrogen-bond donors (Lipinski definition) is 0. The van der Waals surface area contributed by atoms with Crippen LogP contribution < -0.4 is 0 Å². The molecule has 0 aromatic heterocycles. The Morgan fingerprint density at radius 2 is 1.07 bits per heavy atom. The van der Waals surface area contributed by atoms with E-state index in [2.05, 4.69) is 21.7 Å². The van der Waals surface area contributed by atoms with E-state index in [1.807, 2.05) is 0 Å². The van der Waals surface area contributed by atoms with Gasteiger partial charge in [-0.1, -0.05) is 0 Å². The molecule has 0 spiro atoms. The summed E-state index contributed by atoms with van der Waals surface area (Å²) in [4.78, 5) is 7.35. The fraction of sp³-hybridized carbons (Fsp3) is 1.00. The SMILES string of the molecule is C1CN2CCN1CC2.CN1CCOCC1. The molecule has 0 radical (unpaired) electrons. The maximum Gasteiger partial charge on any atom is 0.0594 e. The summed E-state index contributed by atoms with van der Waals surface area (Å²) in [6.07, 6.45) is 0. The third kappa shape index (κ3) is 3.72. The highest BCUT2D eigenvalue weighted by Gasteiger charge is 2.21. The van der Waals surface area contributed by atoms with E-state index in [1.165, 1.54) is 39.3 Å². The van der Waals surface area contributed by atoms with Crippen molar-refractivity contribution in [3.8, 4) is 0 Å². The highest BCUT2D eigenvalue weighted by Crippen LogP contribution is 2.06. The summed E-state index contributed by atoms with van der Waals surface area (Å²) >= 11 is 0. The highest BCUT2D eigenvalue weighted by molar-refractivity contribution is 4.78. The molecule has 4 saturated heterocycles. The van der Waals surface area contributed by atoms with Crippen LogP contribution in [-0.2, 0) is 4.74 Å². The molecule has 4 heteroatoms. The van der Waals surface area contributed by atoms with Gasteiger partial charge in [-0.15, -0.1) is 0 Å². The second kappa shape index (κ2) is 5.80. The molecule has 4 aliphatic rings. The molecule has 0 unspecified atom stereocenters. The van der Waals surface area contributed by atoms with Gasteiger partial charge < -0.3 is 9.64 Å². The summed E-state index contributed by atoms with van der Waals surface area (Å²) in [5.74, 6) is 0. The minimum absolute atomic E-state index is 0.913. The number of hydrogen-bond acceptors (Lipinski definition) is 4. The van der Waals surface area contributed by atoms with Crippen molar-refractivity contribution in [2.24, 2.45) is 0 Å². The number of morpholine rings is 1. The number of piperazine rings is 3. The van der Waals surface area contributed by atoms with Gasteiger partial charge in [0.25, 0.3) is 0 Å². The molecule has 0 saturated carbocycles. The maximum absolute atomic E-state index is 5.10. The Morgan fingerprint density at radius 3 is 1.27 bits per heavy atom. The Kier molecular flexibility index (Phi) is 4.38. The van der Waals surface area contributed by atoms with E-state index in [9.17, 15) is 0 Å². The first kappa shape index (κ1) is 11.3. The van der Waals surface area contributed by atoms with Crippen molar-refractivity contribution < 1.29 is 4.74 Å². The first-order chi connectivity index (χ1) is 7.34. The molecule has 88 valence electrons. The smallest absolute Gasteiger partial charge is 0.0594 e. The van der Waals surface area contributed by atoms with E-state index in [0.29, 0.717) is 0 Å². The van der Waals surface area contributed by atoms with Gasteiger partial charge in [0, 0.05) is 52.4 Å². The maximum atomic E-state index is 5.10. The van der Waals surface area contributed by atoms with Gasteiger partial charge in [0.15, 0.2) is 0 Å². The Labute approximate surface area is 92.8 Å². The van der Waals surface area contributed by atoms with Crippen molar-refractivity contribution in [1.29, 1.82) is 0 Å². The molecule has 0 amide bonds. The minimum atomic E-state index is 0.913. The van der Waals surface area contributed by atoms with Gasteiger partial charge in [-0.2, -0.15) is 0 Å².